The van der Waals surface area contributed by atoms with Crippen molar-refractivity contribution in [3.63, 3.8) is 0 Å². The van der Waals surface area contributed by atoms with Crippen LogP contribution in [0.1, 0.15) is 65.3 Å². The van der Waals surface area contributed by atoms with E-state index in [9.17, 15) is 4.79 Å². The molecule has 1 saturated heterocycles. The smallest absolute Gasteiger partial charge is 0.410 e. The number of aromatic amines is 1. The van der Waals surface area contributed by atoms with E-state index in [0.29, 0.717) is 18.1 Å². The SMILES string of the molecule is CC(C)(C)OC(=O)N1CCC(N[C@H]2CC[C@H](n3cnc4cnc5[nH]ccc5c43)CC2)CC1. The van der Waals surface area contributed by atoms with Gasteiger partial charge in [-0.1, -0.05) is 0 Å². The molecule has 0 aromatic carbocycles. The van der Waals surface area contributed by atoms with Crippen LogP contribution in [0.2, 0.25) is 0 Å². The Balaban J connectivity index is 1.14. The largest absolute Gasteiger partial charge is 0.444 e. The van der Waals surface area contributed by atoms with Crippen LogP contribution in [0.3, 0.4) is 0 Å². The van der Waals surface area contributed by atoms with Crippen LogP contribution in [-0.2, 0) is 4.74 Å². The van der Waals surface area contributed by atoms with Gasteiger partial charge in [-0.05, 0) is 65.4 Å². The van der Waals surface area contributed by atoms with Crippen LogP contribution >= 0.6 is 0 Å². The molecule has 0 atom stereocenters. The fraction of sp³-hybridized carbons (Fsp3) is 0.625. The molecule has 2 fully saturated rings. The first-order chi connectivity index (χ1) is 15.4. The molecular weight excluding hydrogens is 404 g/mol. The third-order valence-electron chi connectivity index (χ3n) is 6.83. The molecule has 0 radical (unpaired) electrons. The zero-order valence-electron chi connectivity index (χ0n) is 19.3. The van der Waals surface area contributed by atoms with Crippen molar-refractivity contribution >= 4 is 28.2 Å². The molecule has 0 bridgehead atoms. The van der Waals surface area contributed by atoms with Crippen molar-refractivity contribution in [2.24, 2.45) is 0 Å². The molecule has 3 aromatic heterocycles. The molecule has 1 aliphatic heterocycles. The number of carbonyl (C=O) groups is 1. The number of piperidine rings is 1. The van der Waals surface area contributed by atoms with E-state index in [-0.39, 0.29) is 6.09 Å². The van der Waals surface area contributed by atoms with Gasteiger partial charge in [0, 0.05) is 42.8 Å². The van der Waals surface area contributed by atoms with E-state index in [4.69, 9.17) is 4.74 Å². The highest BCUT2D eigenvalue weighted by Crippen LogP contribution is 2.33. The number of ether oxygens (including phenoxy) is 1. The highest BCUT2D eigenvalue weighted by molar-refractivity contribution is 6.00. The topological polar surface area (TPSA) is 88.1 Å². The van der Waals surface area contributed by atoms with Gasteiger partial charge in [-0.2, -0.15) is 0 Å². The molecular formula is C24H34N6O2. The van der Waals surface area contributed by atoms with E-state index < -0.39 is 5.60 Å². The second kappa shape index (κ2) is 8.39. The van der Waals surface area contributed by atoms with Crippen molar-refractivity contribution in [1.82, 2.24) is 29.7 Å². The molecule has 172 valence electrons. The third-order valence-corrected chi connectivity index (χ3v) is 6.83. The first kappa shape index (κ1) is 21.2. The van der Waals surface area contributed by atoms with Gasteiger partial charge < -0.3 is 24.5 Å². The minimum absolute atomic E-state index is 0.184. The van der Waals surface area contributed by atoms with Crippen LogP contribution in [0.4, 0.5) is 4.79 Å². The molecule has 3 aromatic rings. The van der Waals surface area contributed by atoms with Gasteiger partial charge in [-0.3, -0.25) is 0 Å². The first-order valence-electron chi connectivity index (χ1n) is 11.9. The number of nitrogens with one attached hydrogen (secondary N) is 2. The second-order valence-electron chi connectivity index (χ2n) is 10.3. The highest BCUT2D eigenvalue weighted by atomic mass is 16.6. The predicted molar refractivity (Wildman–Crippen MR) is 125 cm³/mol. The van der Waals surface area contributed by atoms with Crippen molar-refractivity contribution in [2.75, 3.05) is 13.1 Å². The monoisotopic (exact) mass is 438 g/mol. The number of rotatable bonds is 3. The highest BCUT2D eigenvalue weighted by Gasteiger charge is 2.30. The van der Waals surface area contributed by atoms with E-state index in [0.717, 1.165) is 68.2 Å². The maximum absolute atomic E-state index is 12.3. The molecule has 1 saturated carbocycles. The molecule has 8 nitrogen and oxygen atoms in total. The van der Waals surface area contributed by atoms with Gasteiger partial charge >= 0.3 is 6.09 Å². The summed E-state index contributed by atoms with van der Waals surface area (Å²) in [5, 5.41) is 5.03. The zero-order chi connectivity index (χ0) is 22.3. The van der Waals surface area contributed by atoms with E-state index >= 15 is 0 Å². The summed E-state index contributed by atoms with van der Waals surface area (Å²) in [5.74, 6) is 0. The number of hydrogen-bond acceptors (Lipinski definition) is 5. The van der Waals surface area contributed by atoms with Gasteiger partial charge in [0.15, 0.2) is 0 Å². The van der Waals surface area contributed by atoms with Crippen molar-refractivity contribution in [3.8, 4) is 0 Å². The Bertz CT molecular complexity index is 1080. The van der Waals surface area contributed by atoms with Gasteiger partial charge in [-0.15, -0.1) is 0 Å². The van der Waals surface area contributed by atoms with E-state index in [1.807, 2.05) is 44.4 Å². The first-order valence-corrected chi connectivity index (χ1v) is 11.9. The Kier molecular flexibility index (Phi) is 5.57. The molecule has 8 heteroatoms. The Morgan fingerprint density at radius 3 is 2.53 bits per heavy atom. The van der Waals surface area contributed by atoms with Gasteiger partial charge in [-0.25, -0.2) is 14.8 Å². The zero-order valence-corrected chi connectivity index (χ0v) is 19.3. The summed E-state index contributed by atoms with van der Waals surface area (Å²) in [5.41, 5.74) is 2.65. The Labute approximate surface area is 188 Å². The Hall–Kier alpha value is -2.61. The summed E-state index contributed by atoms with van der Waals surface area (Å²) >= 11 is 0. The number of likely N-dealkylation sites (tertiary alicyclic amines) is 1. The van der Waals surface area contributed by atoms with Crippen LogP contribution in [0.5, 0.6) is 0 Å². The second-order valence-corrected chi connectivity index (χ2v) is 10.3. The van der Waals surface area contributed by atoms with Crippen molar-refractivity contribution in [3.05, 3.63) is 24.8 Å². The lowest BCUT2D eigenvalue weighted by molar-refractivity contribution is 0.0194. The molecule has 5 rings (SSSR count). The van der Waals surface area contributed by atoms with E-state index in [1.54, 1.807) is 0 Å². The summed E-state index contributed by atoms with van der Waals surface area (Å²) in [6.07, 6.45) is 12.2. The van der Waals surface area contributed by atoms with Crippen molar-refractivity contribution < 1.29 is 9.53 Å². The number of carbonyl (C=O) groups excluding carboxylic acids is 1. The average Bonchev–Trinajstić information content (AvgIpc) is 3.40. The fourth-order valence-corrected chi connectivity index (χ4v) is 5.22. The minimum atomic E-state index is -0.436. The van der Waals surface area contributed by atoms with Crippen LogP contribution in [0.25, 0.3) is 22.1 Å². The van der Waals surface area contributed by atoms with Crippen LogP contribution in [0, 0.1) is 0 Å². The summed E-state index contributed by atoms with van der Waals surface area (Å²) in [7, 11) is 0. The molecule has 2 aliphatic rings. The van der Waals surface area contributed by atoms with E-state index in [2.05, 4.69) is 30.9 Å². The summed E-state index contributed by atoms with van der Waals surface area (Å²) in [6.45, 7) is 7.28. The lowest BCUT2D eigenvalue weighted by atomic mass is 9.89. The maximum atomic E-state index is 12.3. The lowest BCUT2D eigenvalue weighted by Crippen LogP contribution is -2.49. The van der Waals surface area contributed by atoms with E-state index in [1.165, 1.54) is 5.52 Å². The number of fused-ring (bicyclic) bond motifs is 3. The molecule has 1 amide bonds. The summed E-state index contributed by atoms with van der Waals surface area (Å²) < 4.78 is 7.88. The number of imidazole rings is 1. The van der Waals surface area contributed by atoms with Crippen LogP contribution in [0.15, 0.2) is 24.8 Å². The summed E-state index contributed by atoms with van der Waals surface area (Å²) in [4.78, 5) is 26.4. The van der Waals surface area contributed by atoms with Gasteiger partial charge in [0.25, 0.3) is 0 Å². The van der Waals surface area contributed by atoms with Gasteiger partial charge in [0.05, 0.1) is 18.0 Å². The quantitative estimate of drug-likeness (QED) is 0.633. The third kappa shape index (κ3) is 4.33. The van der Waals surface area contributed by atoms with Crippen molar-refractivity contribution in [2.45, 2.75) is 83.0 Å². The molecule has 32 heavy (non-hydrogen) atoms. The Morgan fingerprint density at radius 2 is 1.81 bits per heavy atom. The maximum Gasteiger partial charge on any atom is 0.410 e. The average molecular weight is 439 g/mol. The normalized spacial score (nSPS) is 23.2. The number of hydrogen-bond donors (Lipinski definition) is 2. The predicted octanol–water partition coefficient (Wildman–Crippen LogP) is 4.39. The Morgan fingerprint density at radius 1 is 1.09 bits per heavy atom. The standard InChI is InChI=1S/C24H34N6O2/c1-24(2,3)32-23(31)29-12-9-17(10-13-29)28-16-4-6-18(7-5-16)30-15-27-20-14-26-22-19(21(20)30)8-11-25-22/h8,11,14-18,28H,4-7,9-10,12-13H2,1-3H3,(H,25,26)/t16-,18-. The molecule has 1 aliphatic carbocycles. The van der Waals surface area contributed by atoms with Gasteiger partial charge in [0.2, 0.25) is 0 Å². The number of amides is 1. The summed E-state index contributed by atoms with van der Waals surface area (Å²) in [6, 6.07) is 3.61. The van der Waals surface area contributed by atoms with Gasteiger partial charge in [0.1, 0.15) is 16.8 Å². The van der Waals surface area contributed by atoms with Crippen molar-refractivity contribution in [1.29, 1.82) is 0 Å². The van der Waals surface area contributed by atoms with Crippen LogP contribution < -0.4 is 5.32 Å². The number of H-pyrrole nitrogens is 1. The minimum Gasteiger partial charge on any atom is -0.444 e. The fourth-order valence-electron chi connectivity index (χ4n) is 5.22. The number of aromatic nitrogens is 4. The molecule has 4 heterocycles. The molecule has 2 N–H and O–H groups in total. The molecule has 0 spiro atoms. The van der Waals surface area contributed by atoms with Crippen LogP contribution in [-0.4, -0.2) is 61.3 Å². The number of pyridine rings is 1. The number of nitrogens with zero attached hydrogens (tertiary/aromatic N) is 4. The lowest BCUT2D eigenvalue weighted by Gasteiger charge is -2.37. The molecule has 0 unspecified atom stereocenters.